The summed E-state index contributed by atoms with van der Waals surface area (Å²) in [7, 11) is 1.74. The molecule has 0 aliphatic heterocycles. The summed E-state index contributed by atoms with van der Waals surface area (Å²) in [5.74, 6) is 0.979. The third-order valence-corrected chi connectivity index (χ3v) is 4.77. The highest BCUT2D eigenvalue weighted by Gasteiger charge is 2.10. The molecule has 2 rings (SSSR count). The first-order valence-electron chi connectivity index (χ1n) is 5.13. The van der Waals surface area contributed by atoms with Crippen LogP contribution in [0.3, 0.4) is 0 Å². The Morgan fingerprint density at radius 1 is 1.56 bits per heavy atom. The maximum absolute atomic E-state index is 5.95. The molecule has 0 unspecified atom stereocenters. The van der Waals surface area contributed by atoms with Gasteiger partial charge in [-0.05, 0) is 27.5 Å². The molecule has 18 heavy (non-hydrogen) atoms. The van der Waals surface area contributed by atoms with Gasteiger partial charge in [-0.15, -0.1) is 11.8 Å². The number of ether oxygens (including phenoxy) is 1. The quantitative estimate of drug-likeness (QED) is 0.310. The molecule has 0 fully saturated rings. The normalized spacial score (nSPS) is 11.3. The average molecular weight is 416 g/mol. The predicted octanol–water partition coefficient (Wildman–Crippen LogP) is 3.86. The van der Waals surface area contributed by atoms with Crippen molar-refractivity contribution in [3.8, 4) is 0 Å². The van der Waals surface area contributed by atoms with Gasteiger partial charge < -0.3 is 9.30 Å². The molecular weight excluding hydrogens is 405 g/mol. The maximum Gasteiger partial charge on any atom is 0.132 e. The fourth-order valence-corrected chi connectivity index (χ4v) is 3.09. The summed E-state index contributed by atoms with van der Waals surface area (Å²) < 4.78 is 7.54. The van der Waals surface area contributed by atoms with Crippen LogP contribution < -0.4 is 0 Å². The molecule has 0 aromatic carbocycles. The number of hydrogen-bond acceptors (Lipinski definition) is 5. The van der Waals surface area contributed by atoms with Crippen LogP contribution in [0.25, 0.3) is 11.0 Å². The molecule has 4 nitrogen and oxygen atoms in total. The van der Waals surface area contributed by atoms with Gasteiger partial charge in [0.05, 0.1) is 18.5 Å². The SMILES string of the molecule is CSc1nc(Cl)cc2ncn(COCCSI)c12. The molecule has 0 aliphatic rings. The fraction of sp³-hybridized carbons (Fsp3) is 0.400. The summed E-state index contributed by atoms with van der Waals surface area (Å²) in [5.41, 5.74) is 1.83. The average Bonchev–Trinajstić information content (AvgIpc) is 2.76. The highest BCUT2D eigenvalue weighted by molar-refractivity contribution is 14.2. The molecule has 0 saturated heterocycles. The lowest BCUT2D eigenvalue weighted by molar-refractivity contribution is 0.0924. The van der Waals surface area contributed by atoms with Crippen LogP contribution in [0, 0.1) is 0 Å². The number of fused-ring (bicyclic) bond motifs is 1. The number of aromatic nitrogens is 3. The van der Waals surface area contributed by atoms with Crippen molar-refractivity contribution in [3.63, 3.8) is 0 Å². The van der Waals surface area contributed by atoms with Gasteiger partial charge in [-0.2, -0.15) is 0 Å². The zero-order chi connectivity index (χ0) is 13.0. The molecule has 8 heteroatoms. The molecule has 2 aromatic heterocycles. The van der Waals surface area contributed by atoms with Crippen LogP contribution in [0.5, 0.6) is 0 Å². The van der Waals surface area contributed by atoms with Gasteiger partial charge >= 0.3 is 0 Å². The Labute approximate surface area is 131 Å². The van der Waals surface area contributed by atoms with Crippen molar-refractivity contribution in [2.24, 2.45) is 0 Å². The molecule has 98 valence electrons. The molecule has 2 aromatic rings. The summed E-state index contributed by atoms with van der Waals surface area (Å²) in [5, 5.41) is 1.35. The Balaban J connectivity index is 2.23. The lowest BCUT2D eigenvalue weighted by Crippen LogP contribution is -2.04. The molecule has 0 radical (unpaired) electrons. The van der Waals surface area contributed by atoms with Gasteiger partial charge in [0.25, 0.3) is 0 Å². The molecule has 0 atom stereocenters. The summed E-state index contributed by atoms with van der Waals surface area (Å²) >= 11 is 9.77. The Kier molecular flexibility index (Phi) is 5.87. The zero-order valence-electron chi connectivity index (χ0n) is 9.60. The third-order valence-electron chi connectivity index (χ3n) is 2.26. The zero-order valence-corrected chi connectivity index (χ0v) is 14.1. The van der Waals surface area contributed by atoms with E-state index < -0.39 is 0 Å². The van der Waals surface area contributed by atoms with E-state index >= 15 is 0 Å². The summed E-state index contributed by atoms with van der Waals surface area (Å²) in [6, 6.07) is 1.77. The van der Waals surface area contributed by atoms with Crippen LogP contribution in [0.15, 0.2) is 17.4 Å². The number of nitrogens with zero attached hydrogens (tertiary/aromatic N) is 3. The van der Waals surface area contributed by atoms with Gasteiger partial charge in [0.1, 0.15) is 22.4 Å². The monoisotopic (exact) mass is 415 g/mol. The number of pyridine rings is 1. The van der Waals surface area contributed by atoms with Crippen LogP contribution in [-0.2, 0) is 11.5 Å². The van der Waals surface area contributed by atoms with E-state index in [2.05, 4.69) is 31.2 Å². The first kappa shape index (κ1) is 14.7. The van der Waals surface area contributed by atoms with E-state index in [-0.39, 0.29) is 0 Å². The van der Waals surface area contributed by atoms with Crippen molar-refractivity contribution in [3.05, 3.63) is 17.5 Å². The van der Waals surface area contributed by atoms with Crippen molar-refractivity contribution in [1.82, 2.24) is 14.5 Å². The maximum atomic E-state index is 5.95. The van der Waals surface area contributed by atoms with E-state index in [1.165, 1.54) is 0 Å². The second-order valence-electron chi connectivity index (χ2n) is 3.39. The van der Waals surface area contributed by atoms with Crippen molar-refractivity contribution in [2.45, 2.75) is 11.8 Å². The number of halogens is 2. The number of thioether (sulfide) groups is 1. The minimum Gasteiger partial charge on any atom is -0.360 e. The third kappa shape index (κ3) is 3.44. The first-order valence-corrected chi connectivity index (χ1v) is 10.3. The number of imidazole rings is 1. The van der Waals surface area contributed by atoms with E-state index in [1.807, 2.05) is 10.8 Å². The molecule has 0 spiro atoms. The van der Waals surface area contributed by atoms with E-state index in [0.717, 1.165) is 28.4 Å². The second kappa shape index (κ2) is 7.18. The van der Waals surface area contributed by atoms with E-state index in [4.69, 9.17) is 16.3 Å². The van der Waals surface area contributed by atoms with Gasteiger partial charge in [-0.3, -0.25) is 0 Å². The molecule has 2 heterocycles. The van der Waals surface area contributed by atoms with Crippen LogP contribution in [0.2, 0.25) is 5.15 Å². The molecule has 0 bridgehead atoms. The van der Waals surface area contributed by atoms with Gasteiger partial charge in [0.15, 0.2) is 0 Å². The highest BCUT2D eigenvalue weighted by atomic mass is 127. The number of hydrogen-bond donors (Lipinski definition) is 0. The first-order chi connectivity index (χ1) is 8.76. The second-order valence-corrected chi connectivity index (χ2v) is 7.06. The predicted molar refractivity (Wildman–Crippen MR) is 86.7 cm³/mol. The topological polar surface area (TPSA) is 39.9 Å². The van der Waals surface area contributed by atoms with E-state index in [1.54, 1.807) is 33.1 Å². The van der Waals surface area contributed by atoms with Crippen LogP contribution >= 0.6 is 53.5 Å². The molecule has 0 saturated carbocycles. The van der Waals surface area contributed by atoms with Gasteiger partial charge in [0, 0.05) is 11.8 Å². The molecule has 0 aliphatic carbocycles. The smallest absolute Gasteiger partial charge is 0.132 e. The van der Waals surface area contributed by atoms with Gasteiger partial charge in [-0.1, -0.05) is 20.5 Å². The van der Waals surface area contributed by atoms with Crippen molar-refractivity contribution < 1.29 is 4.74 Å². The van der Waals surface area contributed by atoms with Gasteiger partial charge in [0.2, 0.25) is 0 Å². The summed E-state index contributed by atoms with van der Waals surface area (Å²) in [6.45, 7) is 1.22. The lowest BCUT2D eigenvalue weighted by Gasteiger charge is -2.07. The van der Waals surface area contributed by atoms with E-state index in [0.29, 0.717) is 11.9 Å². The Morgan fingerprint density at radius 3 is 3.11 bits per heavy atom. The summed E-state index contributed by atoms with van der Waals surface area (Å²) in [6.07, 6.45) is 3.74. The minimum atomic E-state index is 0.472. The highest BCUT2D eigenvalue weighted by Crippen LogP contribution is 2.26. The van der Waals surface area contributed by atoms with Gasteiger partial charge in [-0.25, -0.2) is 9.97 Å². The molecule has 0 amide bonds. The van der Waals surface area contributed by atoms with Crippen molar-refractivity contribution >= 4 is 64.5 Å². The lowest BCUT2D eigenvalue weighted by atomic mass is 10.4. The Hall–Kier alpha value is 0.300. The molecule has 0 N–H and O–H groups in total. The van der Waals surface area contributed by atoms with Crippen molar-refractivity contribution in [1.29, 1.82) is 0 Å². The van der Waals surface area contributed by atoms with E-state index in [9.17, 15) is 0 Å². The number of rotatable bonds is 6. The standard InChI is InChI=1S/C10H11ClIN3OS2/c1-17-10-9-7(4-8(11)14-10)13-5-15(9)6-16-2-3-18-12/h4-5H,2-3,6H2,1H3. The van der Waals surface area contributed by atoms with Crippen LogP contribution in [0.4, 0.5) is 0 Å². The fourth-order valence-electron chi connectivity index (χ4n) is 1.52. The Bertz CT molecular complexity index is 537. The minimum absolute atomic E-state index is 0.472. The summed E-state index contributed by atoms with van der Waals surface area (Å²) in [4.78, 5) is 8.63. The van der Waals surface area contributed by atoms with Crippen LogP contribution in [0.1, 0.15) is 0 Å². The van der Waals surface area contributed by atoms with Crippen LogP contribution in [-0.4, -0.2) is 33.2 Å². The molecular formula is C10H11ClIN3OS2. The Morgan fingerprint density at radius 2 is 2.39 bits per heavy atom. The van der Waals surface area contributed by atoms with Crippen molar-refractivity contribution in [2.75, 3.05) is 18.6 Å². The largest absolute Gasteiger partial charge is 0.360 e.